The molecule has 0 bridgehead atoms. The quantitative estimate of drug-likeness (QED) is 0.164. The van der Waals surface area contributed by atoms with Crippen molar-refractivity contribution in [3.63, 3.8) is 0 Å². The normalized spacial score (nSPS) is 14.8. The molecular formula is C37H54N2O3S. The first-order valence-electron chi connectivity index (χ1n) is 16.1. The van der Waals surface area contributed by atoms with Crippen molar-refractivity contribution in [3.8, 4) is 17.2 Å². The van der Waals surface area contributed by atoms with Gasteiger partial charge in [-0.25, -0.2) is 0 Å². The average molecular weight is 607 g/mol. The van der Waals surface area contributed by atoms with E-state index in [4.69, 9.17) is 14.2 Å². The minimum Gasteiger partial charge on any atom is -0.493 e. The lowest BCUT2D eigenvalue weighted by Gasteiger charge is -2.36. The number of ether oxygens (including phenoxy) is 3. The van der Waals surface area contributed by atoms with Crippen LogP contribution in [-0.2, 0) is 25.8 Å². The third-order valence-electron chi connectivity index (χ3n) is 9.05. The van der Waals surface area contributed by atoms with Crippen LogP contribution in [0.2, 0.25) is 0 Å². The fourth-order valence-electron chi connectivity index (χ4n) is 5.97. The molecule has 0 saturated carbocycles. The SMILES string of the molecule is COc1ccc(CN2CCN(CCC(C)(C)CCc3ccc(CCCc4ccc(C(C)C)cc4)s3)CC2)c(OC)c1OC. The van der Waals surface area contributed by atoms with Crippen molar-refractivity contribution in [3.05, 3.63) is 75.0 Å². The number of methoxy groups -OCH3 is 3. The van der Waals surface area contributed by atoms with Crippen molar-refractivity contribution >= 4 is 11.3 Å². The Morgan fingerprint density at radius 1 is 0.721 bits per heavy atom. The first kappa shape index (κ1) is 33.4. The highest BCUT2D eigenvalue weighted by Gasteiger charge is 2.24. The molecule has 1 saturated heterocycles. The summed E-state index contributed by atoms with van der Waals surface area (Å²) in [7, 11) is 5.02. The van der Waals surface area contributed by atoms with E-state index in [9.17, 15) is 0 Å². The van der Waals surface area contributed by atoms with Gasteiger partial charge in [0.15, 0.2) is 11.5 Å². The van der Waals surface area contributed by atoms with E-state index in [1.165, 1.54) is 54.7 Å². The average Bonchev–Trinajstić information content (AvgIpc) is 3.47. The summed E-state index contributed by atoms with van der Waals surface area (Å²) in [6.07, 6.45) is 7.25. The molecule has 0 amide bonds. The van der Waals surface area contributed by atoms with Crippen molar-refractivity contribution in [2.24, 2.45) is 5.41 Å². The second kappa shape index (κ2) is 16.0. The maximum absolute atomic E-state index is 5.71. The molecule has 3 aromatic rings. The highest BCUT2D eigenvalue weighted by Crippen LogP contribution is 2.40. The predicted molar refractivity (Wildman–Crippen MR) is 181 cm³/mol. The van der Waals surface area contributed by atoms with Crippen molar-refractivity contribution in [1.29, 1.82) is 0 Å². The van der Waals surface area contributed by atoms with Gasteiger partial charge in [-0.2, -0.15) is 0 Å². The van der Waals surface area contributed by atoms with Gasteiger partial charge in [-0.15, -0.1) is 11.3 Å². The molecule has 236 valence electrons. The van der Waals surface area contributed by atoms with E-state index in [0.29, 0.717) is 22.8 Å². The van der Waals surface area contributed by atoms with Crippen molar-refractivity contribution in [1.82, 2.24) is 9.80 Å². The third-order valence-corrected chi connectivity index (χ3v) is 10.3. The van der Waals surface area contributed by atoms with Crippen LogP contribution in [0.1, 0.15) is 79.3 Å². The molecule has 0 unspecified atom stereocenters. The van der Waals surface area contributed by atoms with Crippen molar-refractivity contribution in [2.75, 3.05) is 54.1 Å². The lowest BCUT2D eigenvalue weighted by atomic mass is 9.84. The molecule has 0 spiro atoms. The van der Waals surface area contributed by atoms with Gasteiger partial charge < -0.3 is 19.1 Å². The van der Waals surface area contributed by atoms with Crippen LogP contribution in [0.15, 0.2) is 48.5 Å². The summed E-state index contributed by atoms with van der Waals surface area (Å²) >= 11 is 2.03. The van der Waals surface area contributed by atoms with Crippen LogP contribution in [0.3, 0.4) is 0 Å². The smallest absolute Gasteiger partial charge is 0.203 e. The maximum atomic E-state index is 5.71. The van der Waals surface area contributed by atoms with Gasteiger partial charge >= 0.3 is 0 Å². The first-order valence-corrected chi connectivity index (χ1v) is 16.9. The Balaban J connectivity index is 1.15. The molecule has 2 heterocycles. The molecule has 5 nitrogen and oxygen atoms in total. The minimum atomic E-state index is 0.344. The molecule has 0 N–H and O–H groups in total. The standard InChI is InChI=1S/C37H54N2O3S/c1-28(2)30-13-11-29(12-14-30)9-8-10-32-16-17-33(43-32)19-20-37(3,4)21-22-38-23-25-39(26-24-38)27-31-15-18-34(40-5)36(42-7)35(31)41-6/h11-18,28H,8-10,19-27H2,1-7H3. The molecule has 2 aromatic carbocycles. The van der Waals surface area contributed by atoms with Gasteiger partial charge in [-0.3, -0.25) is 4.90 Å². The Hall–Kier alpha value is -2.54. The Labute approximate surface area is 265 Å². The van der Waals surface area contributed by atoms with E-state index >= 15 is 0 Å². The van der Waals surface area contributed by atoms with Gasteiger partial charge in [0.1, 0.15) is 0 Å². The minimum absolute atomic E-state index is 0.344. The van der Waals surface area contributed by atoms with Gasteiger partial charge in [0, 0.05) is 48.0 Å². The number of thiophene rings is 1. The molecule has 4 rings (SSSR count). The molecule has 0 aliphatic carbocycles. The highest BCUT2D eigenvalue weighted by atomic mass is 32.1. The topological polar surface area (TPSA) is 34.2 Å². The predicted octanol–water partition coefficient (Wildman–Crippen LogP) is 8.24. The van der Waals surface area contributed by atoms with Crippen molar-refractivity contribution in [2.45, 2.75) is 78.7 Å². The second-order valence-corrected chi connectivity index (χ2v) is 14.4. The molecule has 0 radical (unpaired) electrons. The van der Waals surface area contributed by atoms with Crippen LogP contribution < -0.4 is 14.2 Å². The molecule has 6 heteroatoms. The highest BCUT2D eigenvalue weighted by molar-refractivity contribution is 7.11. The van der Waals surface area contributed by atoms with Gasteiger partial charge in [-0.05, 0) is 85.7 Å². The van der Waals surface area contributed by atoms with Crippen LogP contribution in [0, 0.1) is 5.41 Å². The summed E-state index contributed by atoms with van der Waals surface area (Å²) in [5, 5.41) is 0. The second-order valence-electron chi connectivity index (χ2n) is 13.1. The Morgan fingerprint density at radius 2 is 1.37 bits per heavy atom. The van der Waals surface area contributed by atoms with Gasteiger partial charge in [0.2, 0.25) is 5.75 Å². The number of hydrogen-bond donors (Lipinski definition) is 0. The van der Waals surface area contributed by atoms with Crippen LogP contribution in [-0.4, -0.2) is 63.9 Å². The number of hydrogen-bond acceptors (Lipinski definition) is 6. The van der Waals surface area contributed by atoms with Gasteiger partial charge in [0.05, 0.1) is 21.3 Å². The first-order chi connectivity index (χ1) is 20.7. The summed E-state index contributed by atoms with van der Waals surface area (Å²) in [5.41, 5.74) is 4.38. The Kier molecular flexibility index (Phi) is 12.4. The largest absolute Gasteiger partial charge is 0.493 e. The Bertz CT molecular complexity index is 1260. The number of piperazine rings is 1. The van der Waals surface area contributed by atoms with Crippen LogP contribution >= 0.6 is 11.3 Å². The zero-order chi connectivity index (χ0) is 30.8. The molecule has 1 fully saturated rings. The zero-order valence-corrected chi connectivity index (χ0v) is 28.5. The lowest BCUT2D eigenvalue weighted by Crippen LogP contribution is -2.46. The van der Waals surface area contributed by atoms with Crippen LogP contribution in [0.4, 0.5) is 0 Å². The molecule has 1 aromatic heterocycles. The summed E-state index contributed by atoms with van der Waals surface area (Å²) in [5.74, 6) is 2.75. The van der Waals surface area contributed by atoms with Crippen LogP contribution in [0.25, 0.3) is 0 Å². The fourth-order valence-corrected chi connectivity index (χ4v) is 7.03. The molecule has 1 aliphatic rings. The summed E-state index contributed by atoms with van der Waals surface area (Å²) in [6, 6.07) is 18.0. The van der Waals surface area contributed by atoms with E-state index < -0.39 is 0 Å². The van der Waals surface area contributed by atoms with Crippen molar-refractivity contribution < 1.29 is 14.2 Å². The number of rotatable bonds is 16. The number of nitrogens with zero attached hydrogens (tertiary/aromatic N) is 2. The van der Waals surface area contributed by atoms with E-state index in [1.807, 2.05) is 17.4 Å². The lowest BCUT2D eigenvalue weighted by molar-refractivity contribution is 0.112. The van der Waals surface area contributed by atoms with E-state index in [0.717, 1.165) is 50.5 Å². The maximum Gasteiger partial charge on any atom is 0.203 e. The summed E-state index contributed by atoms with van der Waals surface area (Å²) in [4.78, 5) is 8.24. The molecular weight excluding hydrogens is 552 g/mol. The van der Waals surface area contributed by atoms with E-state index in [2.05, 4.69) is 80.0 Å². The Morgan fingerprint density at radius 3 is 2.00 bits per heavy atom. The summed E-state index contributed by atoms with van der Waals surface area (Å²) < 4.78 is 16.7. The van der Waals surface area contributed by atoms with E-state index in [1.54, 1.807) is 26.2 Å². The molecule has 0 atom stereocenters. The van der Waals surface area contributed by atoms with Crippen LogP contribution in [0.5, 0.6) is 17.2 Å². The fraction of sp³-hybridized carbons (Fsp3) is 0.568. The van der Waals surface area contributed by atoms with Gasteiger partial charge in [-0.1, -0.05) is 58.0 Å². The number of aryl methyl sites for hydroxylation is 3. The monoisotopic (exact) mass is 606 g/mol. The third kappa shape index (κ3) is 9.72. The van der Waals surface area contributed by atoms with Gasteiger partial charge in [0.25, 0.3) is 0 Å². The molecule has 43 heavy (non-hydrogen) atoms. The zero-order valence-electron chi connectivity index (χ0n) is 27.7. The molecule has 1 aliphatic heterocycles. The summed E-state index contributed by atoms with van der Waals surface area (Å²) in [6.45, 7) is 15.8. The van der Waals surface area contributed by atoms with E-state index in [-0.39, 0.29) is 0 Å². The number of benzene rings is 2.